The van der Waals surface area contributed by atoms with E-state index in [0.29, 0.717) is 11.5 Å². The minimum absolute atomic E-state index is 0.0778. The Balaban J connectivity index is 2.33. The van der Waals surface area contributed by atoms with Crippen molar-refractivity contribution in [3.63, 3.8) is 0 Å². The van der Waals surface area contributed by atoms with Crippen LogP contribution in [0.4, 0.5) is 0 Å². The molecule has 0 aromatic heterocycles. The third-order valence-electron chi connectivity index (χ3n) is 8.19. The molecule has 1 aliphatic rings. The van der Waals surface area contributed by atoms with E-state index in [0.717, 1.165) is 0 Å². The van der Waals surface area contributed by atoms with Gasteiger partial charge >= 0.3 is 202 Å². The number of carbonyl (C=O) groups is 1. The van der Waals surface area contributed by atoms with E-state index in [9.17, 15) is 4.79 Å². The SMILES string of the molecule is CCC[CH2][Sn]([CH2]CCC)([CH2]CCC)[C]1=CC(C)(C)C(C)(NOC(=O)c2ccccc2)C1C. The number of hydroxylamine groups is 1. The Morgan fingerprint density at radius 2 is 1.44 bits per heavy atom. The zero-order valence-electron chi connectivity index (χ0n) is 21.7. The van der Waals surface area contributed by atoms with Crippen LogP contribution >= 0.6 is 0 Å². The van der Waals surface area contributed by atoms with Crippen molar-refractivity contribution in [3.8, 4) is 0 Å². The molecule has 0 saturated carbocycles. The van der Waals surface area contributed by atoms with Gasteiger partial charge in [0.2, 0.25) is 0 Å². The molecule has 1 aromatic carbocycles. The number of benzene rings is 1. The molecular weight excluding hydrogens is 501 g/mol. The standard InChI is InChI=1S/C16H20NO2.3C4H9.Sn/c1-12-10-11-15(2,3)16(12,4)17-19-14(18)13-8-6-5-7-9-13;3*1-3-4-2;/h5-9,11-12,17H,1-4H3;3*1,3-4H2,2H3;. The van der Waals surface area contributed by atoms with Crippen LogP contribution in [0.15, 0.2) is 40.0 Å². The van der Waals surface area contributed by atoms with Crippen molar-refractivity contribution >= 4 is 24.3 Å². The van der Waals surface area contributed by atoms with Gasteiger partial charge in [-0.1, -0.05) is 0 Å². The molecule has 0 aliphatic heterocycles. The number of hydrogen-bond donors (Lipinski definition) is 1. The molecule has 32 heavy (non-hydrogen) atoms. The summed E-state index contributed by atoms with van der Waals surface area (Å²) in [6.07, 6.45) is 10.6. The predicted octanol–water partition coefficient (Wildman–Crippen LogP) is 8.10. The van der Waals surface area contributed by atoms with Gasteiger partial charge in [0.15, 0.2) is 0 Å². The summed E-state index contributed by atoms with van der Waals surface area (Å²) in [4.78, 5) is 18.4. The summed E-state index contributed by atoms with van der Waals surface area (Å²) < 4.78 is 6.21. The summed E-state index contributed by atoms with van der Waals surface area (Å²) in [5, 5.41) is 0. The van der Waals surface area contributed by atoms with Crippen molar-refractivity contribution in [2.45, 2.75) is 106 Å². The van der Waals surface area contributed by atoms with Crippen molar-refractivity contribution < 1.29 is 9.63 Å². The van der Waals surface area contributed by atoms with Crippen molar-refractivity contribution in [2.75, 3.05) is 0 Å². The Morgan fingerprint density at radius 3 is 1.91 bits per heavy atom. The number of hydrogen-bond acceptors (Lipinski definition) is 3. The second-order valence-corrected chi connectivity index (χ2v) is 23.9. The van der Waals surface area contributed by atoms with Gasteiger partial charge in [-0.15, -0.1) is 0 Å². The summed E-state index contributed by atoms with van der Waals surface area (Å²) in [5.41, 5.74) is 3.50. The molecule has 3 nitrogen and oxygen atoms in total. The van der Waals surface area contributed by atoms with Crippen molar-refractivity contribution in [2.24, 2.45) is 11.3 Å². The molecule has 0 amide bonds. The van der Waals surface area contributed by atoms with Crippen LogP contribution < -0.4 is 5.48 Å². The van der Waals surface area contributed by atoms with Crippen LogP contribution in [-0.4, -0.2) is 29.9 Å². The van der Waals surface area contributed by atoms with Gasteiger partial charge in [-0.3, -0.25) is 0 Å². The van der Waals surface area contributed by atoms with E-state index in [2.05, 4.69) is 60.0 Å². The summed E-state index contributed by atoms with van der Waals surface area (Å²) in [7, 11) is 0. The zero-order chi connectivity index (χ0) is 23.8. The van der Waals surface area contributed by atoms with E-state index in [4.69, 9.17) is 4.84 Å². The molecule has 2 unspecified atom stereocenters. The molecule has 0 radical (unpaired) electrons. The quantitative estimate of drug-likeness (QED) is 0.200. The van der Waals surface area contributed by atoms with Crippen LogP contribution in [0.1, 0.15) is 97.3 Å². The van der Waals surface area contributed by atoms with Crippen LogP contribution in [0.25, 0.3) is 0 Å². The predicted molar refractivity (Wildman–Crippen MR) is 139 cm³/mol. The maximum absolute atomic E-state index is 12.7. The fourth-order valence-corrected chi connectivity index (χ4v) is 24.3. The van der Waals surface area contributed by atoms with Crippen LogP contribution in [0.5, 0.6) is 0 Å². The Labute approximate surface area is 201 Å². The number of nitrogens with one attached hydrogen (secondary N) is 1. The first-order valence-electron chi connectivity index (χ1n) is 12.9. The second kappa shape index (κ2) is 12.1. The molecule has 4 heteroatoms. The average molecular weight is 548 g/mol. The van der Waals surface area contributed by atoms with Gasteiger partial charge in [0, 0.05) is 0 Å². The summed E-state index contributed by atoms with van der Waals surface area (Å²) in [6.45, 7) is 16.3. The van der Waals surface area contributed by atoms with E-state index in [-0.39, 0.29) is 16.9 Å². The Kier molecular flexibility index (Phi) is 10.3. The molecule has 0 bridgehead atoms. The molecule has 1 N–H and O–H groups in total. The molecule has 0 fully saturated rings. The fourth-order valence-electron chi connectivity index (χ4n) is 5.50. The summed E-state index contributed by atoms with van der Waals surface area (Å²) in [5.74, 6) is 0.0726. The van der Waals surface area contributed by atoms with Gasteiger partial charge in [-0.25, -0.2) is 0 Å². The van der Waals surface area contributed by atoms with Crippen molar-refractivity contribution in [1.82, 2.24) is 5.48 Å². The molecule has 2 atom stereocenters. The monoisotopic (exact) mass is 549 g/mol. The third kappa shape index (κ3) is 6.00. The van der Waals surface area contributed by atoms with Gasteiger partial charge in [0.25, 0.3) is 0 Å². The van der Waals surface area contributed by atoms with E-state index in [1.54, 1.807) is 15.7 Å². The first kappa shape index (κ1) is 27.4. The molecule has 0 saturated heterocycles. The van der Waals surface area contributed by atoms with Gasteiger partial charge in [0.05, 0.1) is 0 Å². The molecule has 2 rings (SSSR count). The normalized spacial score (nSPS) is 22.6. The topological polar surface area (TPSA) is 38.3 Å². The molecule has 1 aromatic rings. The Morgan fingerprint density at radius 1 is 0.938 bits per heavy atom. The molecule has 180 valence electrons. The number of carbonyl (C=O) groups excluding carboxylic acids is 1. The first-order chi connectivity index (χ1) is 15.2. The molecule has 0 spiro atoms. The fraction of sp³-hybridized carbons (Fsp3) is 0.679. The number of rotatable bonds is 13. The minimum atomic E-state index is -2.56. The zero-order valence-corrected chi connectivity index (χ0v) is 24.6. The van der Waals surface area contributed by atoms with Crippen LogP contribution in [0.3, 0.4) is 0 Å². The van der Waals surface area contributed by atoms with Crippen molar-refractivity contribution in [3.05, 3.63) is 45.6 Å². The van der Waals surface area contributed by atoms with E-state index >= 15 is 0 Å². The van der Waals surface area contributed by atoms with Gasteiger partial charge in [-0.2, -0.15) is 0 Å². The molecular formula is C28H47NO2Sn. The third-order valence-corrected chi connectivity index (χ3v) is 24.6. The van der Waals surface area contributed by atoms with E-state index in [1.807, 2.05) is 18.2 Å². The van der Waals surface area contributed by atoms with E-state index < -0.39 is 18.4 Å². The average Bonchev–Trinajstić information content (AvgIpc) is 2.98. The van der Waals surface area contributed by atoms with Crippen LogP contribution in [0.2, 0.25) is 13.3 Å². The first-order valence-corrected chi connectivity index (χ1v) is 20.4. The Bertz CT molecular complexity index is 736. The summed E-state index contributed by atoms with van der Waals surface area (Å²) in [6, 6.07) is 9.28. The van der Waals surface area contributed by atoms with Crippen LogP contribution in [-0.2, 0) is 4.84 Å². The van der Waals surface area contributed by atoms with E-state index in [1.165, 1.54) is 51.8 Å². The van der Waals surface area contributed by atoms with Crippen molar-refractivity contribution in [1.29, 1.82) is 0 Å². The van der Waals surface area contributed by atoms with Gasteiger partial charge in [-0.05, 0) is 0 Å². The maximum atomic E-state index is 12.7. The van der Waals surface area contributed by atoms with Gasteiger partial charge in [0.1, 0.15) is 0 Å². The van der Waals surface area contributed by atoms with Gasteiger partial charge < -0.3 is 0 Å². The molecule has 1 aliphatic carbocycles. The summed E-state index contributed by atoms with van der Waals surface area (Å²) >= 11 is -2.56. The molecule has 0 heterocycles. The second-order valence-electron chi connectivity index (χ2n) is 10.7. The Hall–Kier alpha value is -0.811. The van der Waals surface area contributed by atoms with Crippen LogP contribution in [0, 0.1) is 11.3 Å². The number of unbranched alkanes of at least 4 members (excludes halogenated alkanes) is 3.